The highest BCUT2D eigenvalue weighted by atomic mass is 16.5. The van der Waals surface area contributed by atoms with Crippen LogP contribution in [0.3, 0.4) is 0 Å². The molecule has 1 aromatic rings. The molecular weight excluding hydrogens is 368 g/mol. The van der Waals surface area contributed by atoms with E-state index in [0.717, 1.165) is 64.2 Å². The molecule has 1 aromatic carbocycles. The summed E-state index contributed by atoms with van der Waals surface area (Å²) in [6.45, 7) is 7.78. The fraction of sp³-hybridized carbons (Fsp3) is 0.636. The quantitative estimate of drug-likeness (QED) is 0.579. The van der Waals surface area contributed by atoms with Crippen LogP contribution in [-0.2, 0) is 11.3 Å². The van der Waals surface area contributed by atoms with Crippen LogP contribution >= 0.6 is 0 Å². The summed E-state index contributed by atoms with van der Waals surface area (Å²) in [5, 5.41) is 3.04. The molecule has 4 rings (SSSR count). The third kappa shape index (κ3) is 4.26. The topological polar surface area (TPSA) is 67.5 Å². The summed E-state index contributed by atoms with van der Waals surface area (Å²) in [7, 11) is 1.68. The molecule has 158 valence electrons. The lowest BCUT2D eigenvalue weighted by Crippen LogP contribution is -3.28. The number of piperazine rings is 1. The van der Waals surface area contributed by atoms with Gasteiger partial charge in [-0.05, 0) is 55.9 Å². The number of urea groups is 1. The number of carbonyl (C=O) groups is 2. The molecule has 2 saturated heterocycles. The summed E-state index contributed by atoms with van der Waals surface area (Å²) >= 11 is 0. The molecule has 0 aromatic heterocycles. The Kier molecular flexibility index (Phi) is 5.79. The minimum absolute atomic E-state index is 0.00918. The number of hydrogen-bond donors (Lipinski definition) is 3. The van der Waals surface area contributed by atoms with Crippen LogP contribution in [0.25, 0.3) is 0 Å². The average Bonchev–Trinajstić information content (AvgIpc) is 2.96. The third-order valence-electron chi connectivity index (χ3n) is 7.03. The van der Waals surface area contributed by atoms with Crippen molar-refractivity contribution in [2.24, 2.45) is 5.92 Å². The fourth-order valence-electron chi connectivity index (χ4n) is 4.96. The molecule has 2 heterocycles. The summed E-state index contributed by atoms with van der Waals surface area (Å²) in [6, 6.07) is 8.09. The van der Waals surface area contributed by atoms with Crippen LogP contribution in [0.5, 0.6) is 5.75 Å². The smallest absolute Gasteiger partial charge is 0.329 e. The predicted octanol–water partition coefficient (Wildman–Crippen LogP) is -0.563. The molecule has 3 N–H and O–H groups in total. The van der Waals surface area contributed by atoms with Crippen molar-refractivity contribution in [3.8, 4) is 5.75 Å². The first kappa shape index (κ1) is 20.2. The minimum Gasteiger partial charge on any atom is -0.497 e. The van der Waals surface area contributed by atoms with Crippen molar-refractivity contribution in [2.45, 2.75) is 44.7 Å². The molecule has 7 nitrogen and oxygen atoms in total. The van der Waals surface area contributed by atoms with Gasteiger partial charge in [0.2, 0.25) is 0 Å². The van der Waals surface area contributed by atoms with Crippen molar-refractivity contribution in [1.29, 1.82) is 0 Å². The summed E-state index contributed by atoms with van der Waals surface area (Å²) < 4.78 is 5.23. The number of nitrogens with zero attached hydrogens (tertiary/aromatic N) is 1. The van der Waals surface area contributed by atoms with E-state index in [-0.39, 0.29) is 11.9 Å². The van der Waals surface area contributed by atoms with Crippen LogP contribution in [0, 0.1) is 5.92 Å². The molecule has 0 atom stereocenters. The van der Waals surface area contributed by atoms with Gasteiger partial charge < -0.3 is 19.9 Å². The lowest BCUT2D eigenvalue weighted by Gasteiger charge is -2.34. The van der Waals surface area contributed by atoms with Crippen LogP contribution in [0.1, 0.15) is 38.2 Å². The second-order valence-corrected chi connectivity index (χ2v) is 9.11. The Bertz CT molecular complexity index is 735. The summed E-state index contributed by atoms with van der Waals surface area (Å²) in [4.78, 5) is 29.9. The number of methoxy groups -OCH3 is 1. The molecule has 0 unspecified atom stereocenters. The second-order valence-electron chi connectivity index (χ2n) is 9.11. The molecule has 3 fully saturated rings. The lowest BCUT2D eigenvalue weighted by atomic mass is 9.77. The largest absolute Gasteiger partial charge is 0.497 e. The molecular formula is C22H34N4O3+2. The molecule has 3 amide bonds. The van der Waals surface area contributed by atoms with Gasteiger partial charge in [-0.3, -0.25) is 4.79 Å². The van der Waals surface area contributed by atoms with Crippen molar-refractivity contribution >= 4 is 11.9 Å². The van der Waals surface area contributed by atoms with Crippen LogP contribution in [0.15, 0.2) is 24.3 Å². The zero-order valence-electron chi connectivity index (χ0n) is 17.6. The normalized spacial score (nSPS) is 32.5. The Hall–Kier alpha value is -2.12. The van der Waals surface area contributed by atoms with Crippen LogP contribution < -0.4 is 19.9 Å². The molecule has 1 saturated carbocycles. The Balaban J connectivity index is 1.28. The van der Waals surface area contributed by atoms with Crippen molar-refractivity contribution in [2.75, 3.05) is 40.0 Å². The standard InChI is InChI=1S/C22H32N4O3/c1-17-7-9-22(10-8-17)20(27)26(21(28)23-22)16-25-13-11-24(12-14-25)15-18-3-5-19(29-2)6-4-18/h3-6,17H,7-16H2,1-2H3,(H,23,28)/p+2. The Morgan fingerprint density at radius 3 is 2.31 bits per heavy atom. The minimum atomic E-state index is -0.621. The SMILES string of the molecule is COc1ccc(C[NH+]2CC[NH+](CN3C(=O)NC4(CCC(C)CC4)C3=O)CC2)cc1. The van der Waals surface area contributed by atoms with Gasteiger partial charge in [-0.2, -0.15) is 0 Å². The van der Waals surface area contributed by atoms with E-state index in [0.29, 0.717) is 12.6 Å². The van der Waals surface area contributed by atoms with Crippen LogP contribution in [0.4, 0.5) is 4.79 Å². The Labute approximate surface area is 173 Å². The van der Waals surface area contributed by atoms with Gasteiger partial charge in [0.15, 0.2) is 6.67 Å². The number of nitrogens with one attached hydrogen (secondary N) is 3. The number of rotatable bonds is 5. The highest BCUT2D eigenvalue weighted by Gasteiger charge is 2.53. The maximum absolute atomic E-state index is 13.0. The van der Waals surface area contributed by atoms with Crippen LogP contribution in [0.2, 0.25) is 0 Å². The highest BCUT2D eigenvalue weighted by Crippen LogP contribution is 2.35. The zero-order valence-corrected chi connectivity index (χ0v) is 17.6. The van der Waals surface area contributed by atoms with Gasteiger partial charge in [0, 0.05) is 5.56 Å². The van der Waals surface area contributed by atoms with Gasteiger partial charge in [0.1, 0.15) is 44.0 Å². The molecule has 0 bridgehead atoms. The van der Waals surface area contributed by atoms with Gasteiger partial charge in [-0.15, -0.1) is 0 Å². The number of ether oxygens (including phenoxy) is 1. The van der Waals surface area contributed by atoms with Gasteiger partial charge in [0.05, 0.1) is 7.11 Å². The zero-order chi connectivity index (χ0) is 20.4. The first-order chi connectivity index (χ1) is 14.0. The molecule has 0 radical (unpaired) electrons. The van der Waals surface area contributed by atoms with E-state index in [1.165, 1.54) is 15.4 Å². The highest BCUT2D eigenvalue weighted by molar-refractivity contribution is 6.06. The van der Waals surface area contributed by atoms with Crippen molar-refractivity contribution in [1.82, 2.24) is 10.2 Å². The Morgan fingerprint density at radius 2 is 1.69 bits per heavy atom. The van der Waals surface area contributed by atoms with Gasteiger partial charge in [-0.25, -0.2) is 9.69 Å². The van der Waals surface area contributed by atoms with E-state index in [1.54, 1.807) is 12.0 Å². The number of hydrogen-bond acceptors (Lipinski definition) is 3. The van der Waals surface area contributed by atoms with Crippen LogP contribution in [-0.4, -0.2) is 62.3 Å². The summed E-state index contributed by atoms with van der Waals surface area (Å²) in [5.41, 5.74) is 0.691. The molecule has 7 heteroatoms. The summed E-state index contributed by atoms with van der Waals surface area (Å²) in [5.74, 6) is 1.54. The molecule has 3 aliphatic rings. The predicted molar refractivity (Wildman–Crippen MR) is 109 cm³/mol. The fourth-order valence-corrected chi connectivity index (χ4v) is 4.96. The average molecular weight is 403 g/mol. The first-order valence-corrected chi connectivity index (χ1v) is 10.9. The Morgan fingerprint density at radius 1 is 1.07 bits per heavy atom. The number of imide groups is 1. The molecule has 1 spiro atoms. The third-order valence-corrected chi connectivity index (χ3v) is 7.03. The lowest BCUT2D eigenvalue weighted by molar-refractivity contribution is -1.02. The van der Waals surface area contributed by atoms with E-state index in [2.05, 4.69) is 24.4 Å². The second kappa shape index (κ2) is 8.32. The molecule has 2 aliphatic heterocycles. The van der Waals surface area contributed by atoms with Gasteiger partial charge >= 0.3 is 6.03 Å². The van der Waals surface area contributed by atoms with E-state index < -0.39 is 5.54 Å². The number of carbonyl (C=O) groups excluding carboxylic acids is 2. The van der Waals surface area contributed by atoms with Crippen molar-refractivity contribution in [3.63, 3.8) is 0 Å². The van der Waals surface area contributed by atoms with Gasteiger partial charge in [0.25, 0.3) is 5.91 Å². The van der Waals surface area contributed by atoms with E-state index in [4.69, 9.17) is 4.74 Å². The maximum atomic E-state index is 13.0. The van der Waals surface area contributed by atoms with Crippen molar-refractivity contribution < 1.29 is 24.1 Å². The van der Waals surface area contributed by atoms with E-state index in [1.807, 2.05) is 12.1 Å². The van der Waals surface area contributed by atoms with E-state index >= 15 is 0 Å². The number of benzene rings is 1. The monoisotopic (exact) mass is 402 g/mol. The van der Waals surface area contributed by atoms with Crippen molar-refractivity contribution in [3.05, 3.63) is 29.8 Å². The number of quaternary nitrogens is 2. The molecule has 1 aliphatic carbocycles. The number of amides is 3. The van der Waals surface area contributed by atoms with E-state index in [9.17, 15) is 9.59 Å². The molecule has 29 heavy (non-hydrogen) atoms. The first-order valence-electron chi connectivity index (χ1n) is 10.9. The summed E-state index contributed by atoms with van der Waals surface area (Å²) in [6.07, 6.45) is 3.59. The maximum Gasteiger partial charge on any atom is 0.329 e. The van der Waals surface area contributed by atoms with Gasteiger partial charge in [-0.1, -0.05) is 6.92 Å².